The zero-order valence-corrected chi connectivity index (χ0v) is 13.5. The average molecular weight is 306 g/mol. The van der Waals surface area contributed by atoms with Crippen molar-refractivity contribution in [3.63, 3.8) is 0 Å². The lowest BCUT2D eigenvalue weighted by molar-refractivity contribution is 0.0468. The molecule has 122 valence electrons. The fraction of sp³-hybridized carbons (Fsp3) is 0.588. The van der Waals surface area contributed by atoms with Gasteiger partial charge in [-0.15, -0.1) is 0 Å². The first kappa shape index (κ1) is 16.9. The van der Waals surface area contributed by atoms with Gasteiger partial charge >= 0.3 is 0 Å². The number of piperazine rings is 1. The molecule has 0 aliphatic carbocycles. The Kier molecular flexibility index (Phi) is 6.36. The van der Waals surface area contributed by atoms with Crippen molar-refractivity contribution in [2.24, 2.45) is 0 Å². The maximum Gasteiger partial charge on any atom is 0.163 e. The van der Waals surface area contributed by atoms with Gasteiger partial charge in [0.15, 0.2) is 5.78 Å². The summed E-state index contributed by atoms with van der Waals surface area (Å²) in [6, 6.07) is 7.16. The minimum atomic E-state index is -0.548. The number of aliphatic hydroxyl groups excluding tert-OH is 1. The summed E-state index contributed by atoms with van der Waals surface area (Å²) in [5.41, 5.74) is 0.561. The number of benzene rings is 1. The number of aliphatic hydroxyl groups is 1. The average Bonchev–Trinajstić information content (AvgIpc) is 2.54. The van der Waals surface area contributed by atoms with E-state index in [1.807, 2.05) is 12.1 Å². The lowest BCUT2D eigenvalue weighted by Crippen LogP contribution is -2.49. The van der Waals surface area contributed by atoms with Gasteiger partial charge < -0.3 is 14.7 Å². The second-order valence-corrected chi connectivity index (χ2v) is 5.75. The summed E-state index contributed by atoms with van der Waals surface area (Å²) >= 11 is 0. The summed E-state index contributed by atoms with van der Waals surface area (Å²) < 4.78 is 5.64. The van der Waals surface area contributed by atoms with Crippen molar-refractivity contribution in [3.05, 3.63) is 29.8 Å². The van der Waals surface area contributed by atoms with Crippen molar-refractivity contribution < 1.29 is 14.6 Å². The number of likely N-dealkylation sites (N-methyl/N-ethyl adjacent to an activating group) is 1. The summed E-state index contributed by atoms with van der Waals surface area (Å²) in [5.74, 6) is 0.519. The van der Waals surface area contributed by atoms with Crippen LogP contribution >= 0.6 is 0 Å². The van der Waals surface area contributed by atoms with E-state index >= 15 is 0 Å². The summed E-state index contributed by atoms with van der Waals surface area (Å²) in [5, 5.41) is 10.2. The number of para-hydroxylation sites is 1. The van der Waals surface area contributed by atoms with Crippen molar-refractivity contribution in [2.45, 2.75) is 20.0 Å². The molecule has 0 radical (unpaired) electrons. The Balaban J connectivity index is 1.79. The van der Waals surface area contributed by atoms with E-state index in [4.69, 9.17) is 4.74 Å². The molecule has 5 nitrogen and oxygen atoms in total. The molecular weight excluding hydrogens is 280 g/mol. The van der Waals surface area contributed by atoms with Crippen molar-refractivity contribution in [1.82, 2.24) is 9.80 Å². The molecule has 1 N–H and O–H groups in total. The second-order valence-electron chi connectivity index (χ2n) is 5.75. The fourth-order valence-electron chi connectivity index (χ4n) is 2.71. The van der Waals surface area contributed by atoms with Gasteiger partial charge in [-0.25, -0.2) is 0 Å². The van der Waals surface area contributed by atoms with Crippen LogP contribution in [0.1, 0.15) is 24.2 Å². The number of ether oxygens (including phenoxy) is 1. The third kappa shape index (κ3) is 4.80. The van der Waals surface area contributed by atoms with E-state index in [0.717, 1.165) is 32.7 Å². The van der Waals surface area contributed by atoms with Crippen LogP contribution in [0.25, 0.3) is 0 Å². The molecule has 0 saturated carbocycles. The zero-order chi connectivity index (χ0) is 15.9. The van der Waals surface area contributed by atoms with Gasteiger partial charge in [0.1, 0.15) is 18.5 Å². The smallest absolute Gasteiger partial charge is 0.163 e. The Morgan fingerprint density at radius 1 is 1.23 bits per heavy atom. The maximum atomic E-state index is 11.5. The molecule has 0 spiro atoms. The first-order valence-electron chi connectivity index (χ1n) is 7.95. The molecule has 1 unspecified atom stereocenters. The van der Waals surface area contributed by atoms with E-state index in [0.29, 0.717) is 17.9 Å². The van der Waals surface area contributed by atoms with Crippen LogP contribution < -0.4 is 4.74 Å². The minimum absolute atomic E-state index is 0.0271. The van der Waals surface area contributed by atoms with Crippen molar-refractivity contribution in [2.75, 3.05) is 45.9 Å². The quantitative estimate of drug-likeness (QED) is 0.769. The van der Waals surface area contributed by atoms with E-state index in [-0.39, 0.29) is 12.4 Å². The molecule has 1 aromatic rings. The highest BCUT2D eigenvalue weighted by Crippen LogP contribution is 2.18. The number of Topliss-reactive ketones (excluding diaryl/α,β-unsaturated/α-hetero) is 1. The molecule has 5 heteroatoms. The molecule has 1 heterocycles. The molecule has 1 aliphatic heterocycles. The van der Waals surface area contributed by atoms with Gasteiger partial charge in [-0.05, 0) is 25.6 Å². The normalized spacial score (nSPS) is 18.1. The third-order valence-corrected chi connectivity index (χ3v) is 4.08. The van der Waals surface area contributed by atoms with Crippen LogP contribution in [0.2, 0.25) is 0 Å². The van der Waals surface area contributed by atoms with Crippen molar-refractivity contribution >= 4 is 5.78 Å². The maximum absolute atomic E-state index is 11.5. The van der Waals surface area contributed by atoms with Crippen molar-refractivity contribution in [3.8, 4) is 5.75 Å². The number of hydrogen-bond donors (Lipinski definition) is 1. The number of nitrogens with zero attached hydrogens (tertiary/aromatic N) is 2. The number of ketones is 1. The predicted octanol–water partition coefficient (Wildman–Crippen LogP) is 1.27. The number of β-amino-alcohol motifs (C(OH)–C–C–N with tert-alkyl or cyclic N) is 1. The third-order valence-electron chi connectivity index (χ3n) is 4.08. The summed E-state index contributed by atoms with van der Waals surface area (Å²) in [6.07, 6.45) is -0.548. The minimum Gasteiger partial charge on any atom is -0.490 e. The fourth-order valence-corrected chi connectivity index (χ4v) is 2.71. The Morgan fingerprint density at radius 3 is 2.50 bits per heavy atom. The summed E-state index contributed by atoms with van der Waals surface area (Å²) in [4.78, 5) is 16.2. The SMILES string of the molecule is CCN1CCN(CC(O)COc2ccccc2C(C)=O)CC1. The second kappa shape index (κ2) is 8.27. The zero-order valence-electron chi connectivity index (χ0n) is 13.5. The predicted molar refractivity (Wildman–Crippen MR) is 86.5 cm³/mol. The molecule has 22 heavy (non-hydrogen) atoms. The van der Waals surface area contributed by atoms with E-state index in [9.17, 15) is 9.90 Å². The lowest BCUT2D eigenvalue weighted by Gasteiger charge is -2.34. The lowest BCUT2D eigenvalue weighted by atomic mass is 10.1. The van der Waals surface area contributed by atoms with Crippen LogP contribution in [0.15, 0.2) is 24.3 Å². The number of hydrogen-bond acceptors (Lipinski definition) is 5. The van der Waals surface area contributed by atoms with Gasteiger partial charge in [-0.2, -0.15) is 0 Å². The first-order valence-corrected chi connectivity index (χ1v) is 7.95. The topological polar surface area (TPSA) is 53.0 Å². The molecule has 0 bridgehead atoms. The highest BCUT2D eigenvalue weighted by atomic mass is 16.5. The Labute approximate surface area is 132 Å². The molecule has 1 saturated heterocycles. The van der Waals surface area contributed by atoms with Gasteiger partial charge in [0.05, 0.1) is 5.56 Å². The van der Waals surface area contributed by atoms with Crippen LogP contribution in [0, 0.1) is 0 Å². The van der Waals surface area contributed by atoms with Crippen LogP contribution in [0.5, 0.6) is 5.75 Å². The van der Waals surface area contributed by atoms with Gasteiger partial charge in [0, 0.05) is 32.7 Å². The molecule has 0 aromatic heterocycles. The molecule has 0 amide bonds. The number of carbonyl (C=O) groups is 1. The Morgan fingerprint density at radius 2 is 1.86 bits per heavy atom. The van der Waals surface area contributed by atoms with Crippen LogP contribution in [0.4, 0.5) is 0 Å². The Bertz CT molecular complexity index is 485. The van der Waals surface area contributed by atoms with Crippen LogP contribution in [-0.4, -0.2) is 72.7 Å². The molecule has 1 fully saturated rings. The summed E-state index contributed by atoms with van der Waals surface area (Å²) in [7, 11) is 0. The molecule has 1 atom stereocenters. The van der Waals surface area contributed by atoms with Crippen molar-refractivity contribution in [1.29, 1.82) is 0 Å². The van der Waals surface area contributed by atoms with Gasteiger partial charge in [0.2, 0.25) is 0 Å². The monoisotopic (exact) mass is 306 g/mol. The van der Waals surface area contributed by atoms with E-state index < -0.39 is 6.10 Å². The largest absolute Gasteiger partial charge is 0.490 e. The molecule has 1 aliphatic rings. The van der Waals surface area contributed by atoms with Gasteiger partial charge in [-0.3, -0.25) is 9.69 Å². The van der Waals surface area contributed by atoms with E-state index in [1.54, 1.807) is 12.1 Å². The number of carbonyl (C=O) groups excluding carboxylic acids is 1. The molecular formula is C17H26N2O3. The Hall–Kier alpha value is -1.43. The first-order chi connectivity index (χ1) is 10.6. The van der Waals surface area contributed by atoms with E-state index in [1.165, 1.54) is 6.92 Å². The van der Waals surface area contributed by atoms with Gasteiger partial charge in [0.25, 0.3) is 0 Å². The number of rotatable bonds is 7. The highest BCUT2D eigenvalue weighted by molar-refractivity contribution is 5.96. The highest BCUT2D eigenvalue weighted by Gasteiger charge is 2.19. The summed E-state index contributed by atoms with van der Waals surface area (Å²) in [6.45, 7) is 9.66. The molecule has 2 rings (SSSR count). The standard InChI is InChI=1S/C17H26N2O3/c1-3-18-8-10-19(11-9-18)12-15(21)13-22-17-7-5-4-6-16(17)14(2)20/h4-7,15,21H,3,8-13H2,1-2H3. The van der Waals surface area contributed by atoms with E-state index in [2.05, 4.69) is 16.7 Å². The van der Waals surface area contributed by atoms with Crippen LogP contribution in [0.3, 0.4) is 0 Å². The molecule has 1 aromatic carbocycles. The van der Waals surface area contributed by atoms with Crippen LogP contribution in [-0.2, 0) is 0 Å². The van der Waals surface area contributed by atoms with Gasteiger partial charge in [-0.1, -0.05) is 19.1 Å².